The molecule has 4 fully saturated rings. The second-order valence-corrected chi connectivity index (χ2v) is 6.27. The summed E-state index contributed by atoms with van der Waals surface area (Å²) in [4.78, 5) is 39.7. The summed E-state index contributed by atoms with van der Waals surface area (Å²) in [6.07, 6.45) is 1.40. The lowest BCUT2D eigenvalue weighted by Gasteiger charge is -2.46. The van der Waals surface area contributed by atoms with Crippen LogP contribution in [-0.4, -0.2) is 59.2 Å². The average molecular weight is 294 g/mol. The van der Waals surface area contributed by atoms with Gasteiger partial charge in [-0.15, -0.1) is 0 Å². The van der Waals surface area contributed by atoms with Gasteiger partial charge in [-0.1, -0.05) is 6.92 Å². The summed E-state index contributed by atoms with van der Waals surface area (Å²) >= 11 is 0. The van der Waals surface area contributed by atoms with Crippen molar-refractivity contribution in [3.63, 3.8) is 0 Å². The third kappa shape index (κ3) is 1.50. The van der Waals surface area contributed by atoms with Crippen LogP contribution in [0, 0.1) is 11.8 Å². The Morgan fingerprint density at radius 2 is 2.10 bits per heavy atom. The summed E-state index contributed by atoms with van der Waals surface area (Å²) in [5.74, 6) is -0.930. The van der Waals surface area contributed by atoms with Crippen LogP contribution >= 0.6 is 0 Å². The molecule has 0 saturated carbocycles. The molecule has 4 aliphatic rings. The molecule has 0 aromatic rings. The van der Waals surface area contributed by atoms with Gasteiger partial charge in [-0.2, -0.15) is 0 Å². The molecule has 4 saturated heterocycles. The Kier molecular flexibility index (Phi) is 2.61. The van der Waals surface area contributed by atoms with Gasteiger partial charge < -0.3 is 14.4 Å². The monoisotopic (exact) mass is 294 g/mol. The van der Waals surface area contributed by atoms with E-state index in [2.05, 4.69) is 0 Å². The molecule has 1 spiro atoms. The summed E-state index contributed by atoms with van der Waals surface area (Å²) in [5.41, 5.74) is -0.834. The summed E-state index contributed by atoms with van der Waals surface area (Å²) in [5, 5.41) is 0. The molecule has 114 valence electrons. The summed E-state index contributed by atoms with van der Waals surface area (Å²) in [6.45, 7) is 3.03. The van der Waals surface area contributed by atoms with Gasteiger partial charge in [-0.3, -0.25) is 9.59 Å². The molecule has 21 heavy (non-hydrogen) atoms. The first-order valence-electron chi connectivity index (χ1n) is 7.54. The number of ether oxygens (including phenoxy) is 2. The van der Waals surface area contributed by atoms with Crippen molar-refractivity contribution in [1.82, 2.24) is 9.80 Å². The van der Waals surface area contributed by atoms with Crippen LogP contribution in [0.25, 0.3) is 0 Å². The fourth-order valence-corrected chi connectivity index (χ4v) is 4.31. The fraction of sp³-hybridized carbons (Fsp3) is 0.786. The van der Waals surface area contributed by atoms with E-state index in [4.69, 9.17) is 9.47 Å². The first-order chi connectivity index (χ1) is 10.1. The number of amides is 3. The van der Waals surface area contributed by atoms with Crippen LogP contribution in [0.3, 0.4) is 0 Å². The topological polar surface area (TPSA) is 76.2 Å². The van der Waals surface area contributed by atoms with Gasteiger partial charge in [0, 0.05) is 12.5 Å². The van der Waals surface area contributed by atoms with Crippen LogP contribution in [0.1, 0.15) is 26.2 Å². The van der Waals surface area contributed by atoms with E-state index in [9.17, 15) is 14.4 Å². The van der Waals surface area contributed by atoms with E-state index in [-0.39, 0.29) is 30.9 Å². The molecular formula is C14H18N2O5. The predicted molar refractivity (Wildman–Crippen MR) is 68.9 cm³/mol. The smallest absolute Gasteiger partial charge is 0.416 e. The average Bonchev–Trinajstić information content (AvgIpc) is 3.09. The van der Waals surface area contributed by atoms with E-state index in [0.29, 0.717) is 13.0 Å². The Labute approximate surface area is 122 Å². The number of hydrogen-bond donors (Lipinski definition) is 0. The number of cyclic esters (lactones) is 1. The predicted octanol–water partition coefficient (Wildman–Crippen LogP) is 0.339. The number of imide groups is 1. The van der Waals surface area contributed by atoms with E-state index >= 15 is 0 Å². The minimum atomic E-state index is -0.834. The molecule has 0 aromatic carbocycles. The fourth-order valence-electron chi connectivity index (χ4n) is 4.31. The number of nitrogens with zero attached hydrogens (tertiary/aromatic N) is 2. The molecule has 0 aliphatic carbocycles. The number of piperidine rings is 2. The summed E-state index contributed by atoms with van der Waals surface area (Å²) in [7, 11) is 0. The Balaban J connectivity index is 1.70. The van der Waals surface area contributed by atoms with Crippen LogP contribution < -0.4 is 0 Å². The molecule has 2 bridgehead atoms. The minimum Gasteiger partial charge on any atom is -0.447 e. The highest BCUT2D eigenvalue weighted by Gasteiger charge is 2.69. The first kappa shape index (κ1) is 13.1. The lowest BCUT2D eigenvalue weighted by Crippen LogP contribution is -2.62. The van der Waals surface area contributed by atoms with Gasteiger partial charge in [-0.05, 0) is 19.3 Å². The van der Waals surface area contributed by atoms with Gasteiger partial charge in [0.2, 0.25) is 5.91 Å². The Bertz CT molecular complexity index is 535. The van der Waals surface area contributed by atoms with Crippen molar-refractivity contribution in [3.8, 4) is 0 Å². The number of carbonyl (C=O) groups excluding carboxylic acids is 3. The van der Waals surface area contributed by atoms with Crippen molar-refractivity contribution >= 4 is 17.9 Å². The molecule has 4 heterocycles. The second kappa shape index (κ2) is 4.19. The van der Waals surface area contributed by atoms with E-state index in [1.807, 2.05) is 6.92 Å². The van der Waals surface area contributed by atoms with Gasteiger partial charge in [-0.25, -0.2) is 9.69 Å². The zero-order valence-corrected chi connectivity index (χ0v) is 11.9. The molecule has 0 N–H and O–H groups in total. The molecule has 0 radical (unpaired) electrons. The minimum absolute atomic E-state index is 0.00440. The molecule has 3 amide bonds. The summed E-state index contributed by atoms with van der Waals surface area (Å²) < 4.78 is 10.9. The van der Waals surface area contributed by atoms with Crippen molar-refractivity contribution in [3.05, 3.63) is 0 Å². The lowest BCUT2D eigenvalue weighted by atomic mass is 9.75. The summed E-state index contributed by atoms with van der Waals surface area (Å²) in [6, 6.07) is 0. The molecule has 0 unspecified atom stereocenters. The normalized spacial score (nSPS) is 41.5. The standard InChI is InChI=1S/C14H18N2O5/c1-8-9(11(17)15-6-7-20-13(15)19)14-4-2-3-5-16(14)12(18)10(8)21-14/h8-10H,2-7H2,1H3/t8-,9+,10-,14+/m1/s1. The second-order valence-electron chi connectivity index (χ2n) is 6.27. The SMILES string of the molecule is C[C@@H]1[C@@H](C(=O)N2CCOC2=O)[C@@]23CCCCN2C(=O)[C@@H]1O3. The first-order valence-corrected chi connectivity index (χ1v) is 7.54. The zero-order chi connectivity index (χ0) is 14.8. The quantitative estimate of drug-likeness (QED) is 0.697. The van der Waals surface area contributed by atoms with Crippen molar-refractivity contribution in [2.75, 3.05) is 19.7 Å². The van der Waals surface area contributed by atoms with Gasteiger partial charge in [0.15, 0.2) is 5.72 Å². The number of hydrogen-bond acceptors (Lipinski definition) is 5. The van der Waals surface area contributed by atoms with E-state index < -0.39 is 23.8 Å². The molecule has 4 atom stereocenters. The maximum Gasteiger partial charge on any atom is 0.416 e. The molecule has 7 heteroatoms. The number of fused-ring (bicyclic) bond motifs is 1. The third-order valence-corrected chi connectivity index (χ3v) is 5.25. The van der Waals surface area contributed by atoms with Crippen LogP contribution in [0.5, 0.6) is 0 Å². The van der Waals surface area contributed by atoms with Gasteiger partial charge in [0.1, 0.15) is 12.7 Å². The van der Waals surface area contributed by atoms with Gasteiger partial charge in [0.25, 0.3) is 5.91 Å². The van der Waals surface area contributed by atoms with Crippen LogP contribution in [-0.2, 0) is 19.1 Å². The molecule has 0 aromatic heterocycles. The van der Waals surface area contributed by atoms with Gasteiger partial charge in [0.05, 0.1) is 12.5 Å². The maximum atomic E-state index is 12.8. The Hall–Kier alpha value is -1.63. The van der Waals surface area contributed by atoms with Crippen LogP contribution in [0.2, 0.25) is 0 Å². The lowest BCUT2D eigenvalue weighted by molar-refractivity contribution is -0.162. The van der Waals surface area contributed by atoms with Crippen molar-refractivity contribution < 1.29 is 23.9 Å². The van der Waals surface area contributed by atoms with E-state index in [1.54, 1.807) is 4.90 Å². The maximum absolute atomic E-state index is 12.8. The molecule has 7 nitrogen and oxygen atoms in total. The highest BCUT2D eigenvalue weighted by atomic mass is 16.6. The highest BCUT2D eigenvalue weighted by molar-refractivity contribution is 5.97. The van der Waals surface area contributed by atoms with Crippen molar-refractivity contribution in [1.29, 1.82) is 0 Å². The van der Waals surface area contributed by atoms with Crippen LogP contribution in [0.4, 0.5) is 4.79 Å². The number of rotatable bonds is 1. The van der Waals surface area contributed by atoms with E-state index in [0.717, 1.165) is 17.7 Å². The molecule has 4 rings (SSSR count). The Morgan fingerprint density at radius 1 is 1.29 bits per heavy atom. The zero-order valence-electron chi connectivity index (χ0n) is 11.9. The highest BCUT2D eigenvalue weighted by Crippen LogP contribution is 2.54. The largest absolute Gasteiger partial charge is 0.447 e. The number of carbonyl (C=O) groups is 3. The van der Waals surface area contributed by atoms with Crippen LogP contribution in [0.15, 0.2) is 0 Å². The Morgan fingerprint density at radius 3 is 2.81 bits per heavy atom. The molecular weight excluding hydrogens is 276 g/mol. The molecule has 4 aliphatic heterocycles. The van der Waals surface area contributed by atoms with E-state index in [1.165, 1.54) is 0 Å². The van der Waals surface area contributed by atoms with Crippen molar-refractivity contribution in [2.24, 2.45) is 11.8 Å². The van der Waals surface area contributed by atoms with Crippen molar-refractivity contribution in [2.45, 2.75) is 38.0 Å². The van der Waals surface area contributed by atoms with Gasteiger partial charge >= 0.3 is 6.09 Å². The third-order valence-electron chi connectivity index (χ3n) is 5.25.